The van der Waals surface area contributed by atoms with Crippen LogP contribution >= 0.6 is 11.6 Å². The number of hydrogen-bond acceptors (Lipinski definition) is 3. The number of aromatic nitrogens is 1. The Hall–Kier alpha value is -1.32. The van der Waals surface area contributed by atoms with Crippen LogP contribution in [-0.4, -0.2) is 17.1 Å². The van der Waals surface area contributed by atoms with Crippen molar-refractivity contribution in [3.05, 3.63) is 41.4 Å². The Bertz CT molecular complexity index is 558. The molecule has 0 unspecified atom stereocenters. The molecule has 0 amide bonds. The molecule has 2 aromatic rings. The fourth-order valence-electron chi connectivity index (χ4n) is 1.90. The second-order valence-corrected chi connectivity index (χ2v) is 6.35. The summed E-state index contributed by atoms with van der Waals surface area (Å²) in [6.07, 6.45) is 3.61. The van der Waals surface area contributed by atoms with E-state index in [2.05, 4.69) is 31.1 Å². The van der Waals surface area contributed by atoms with Gasteiger partial charge in [0, 0.05) is 22.5 Å². The summed E-state index contributed by atoms with van der Waals surface area (Å²) in [5, 5.41) is 4.15. The number of aryl methyl sites for hydroxylation is 1. The number of rotatable bonds is 5. The first kappa shape index (κ1) is 15.1. The van der Waals surface area contributed by atoms with Crippen LogP contribution in [0.25, 0.3) is 11.3 Å². The number of nitrogens with one attached hydrogen (secondary N) is 1. The van der Waals surface area contributed by atoms with E-state index < -0.39 is 0 Å². The lowest BCUT2D eigenvalue weighted by Crippen LogP contribution is -2.36. The maximum Gasteiger partial charge on any atom is 0.194 e. The first-order chi connectivity index (χ1) is 9.44. The molecule has 0 aliphatic heterocycles. The monoisotopic (exact) mass is 292 g/mol. The van der Waals surface area contributed by atoms with E-state index >= 15 is 0 Å². The highest BCUT2D eigenvalue weighted by molar-refractivity contribution is 6.30. The van der Waals surface area contributed by atoms with Crippen molar-refractivity contribution in [1.82, 2.24) is 10.3 Å². The molecular weight excluding hydrogens is 272 g/mol. The van der Waals surface area contributed by atoms with Gasteiger partial charge in [-0.05, 0) is 45.9 Å². The molecule has 0 aliphatic rings. The summed E-state index contributed by atoms with van der Waals surface area (Å²) in [4.78, 5) is 4.32. The molecule has 0 spiro atoms. The fraction of sp³-hybridized carbons (Fsp3) is 0.438. The topological polar surface area (TPSA) is 38.1 Å². The summed E-state index contributed by atoms with van der Waals surface area (Å²) in [6.45, 7) is 7.44. The van der Waals surface area contributed by atoms with Crippen molar-refractivity contribution in [2.24, 2.45) is 0 Å². The smallest absolute Gasteiger partial charge is 0.194 e. The van der Waals surface area contributed by atoms with Gasteiger partial charge in [0.2, 0.25) is 0 Å². The number of oxazole rings is 1. The Morgan fingerprint density at radius 3 is 2.80 bits per heavy atom. The van der Waals surface area contributed by atoms with Crippen molar-refractivity contribution >= 4 is 11.6 Å². The van der Waals surface area contributed by atoms with E-state index in [0.717, 1.165) is 36.6 Å². The van der Waals surface area contributed by atoms with E-state index in [1.165, 1.54) is 0 Å². The Morgan fingerprint density at radius 2 is 2.10 bits per heavy atom. The van der Waals surface area contributed by atoms with Crippen LogP contribution in [-0.2, 0) is 6.42 Å². The fourth-order valence-corrected chi connectivity index (χ4v) is 2.09. The molecule has 0 aliphatic carbocycles. The van der Waals surface area contributed by atoms with Crippen LogP contribution in [0, 0.1) is 0 Å². The Kier molecular flexibility index (Phi) is 4.84. The highest BCUT2D eigenvalue weighted by Gasteiger charge is 2.09. The van der Waals surface area contributed by atoms with Gasteiger partial charge in [0.1, 0.15) is 0 Å². The van der Waals surface area contributed by atoms with Gasteiger partial charge in [-0.3, -0.25) is 0 Å². The molecule has 2 rings (SSSR count). The maximum absolute atomic E-state index is 5.98. The van der Waals surface area contributed by atoms with E-state index in [1.54, 1.807) is 6.20 Å². The van der Waals surface area contributed by atoms with Gasteiger partial charge < -0.3 is 9.73 Å². The summed E-state index contributed by atoms with van der Waals surface area (Å²) < 4.78 is 5.76. The van der Waals surface area contributed by atoms with Gasteiger partial charge in [0.25, 0.3) is 0 Å². The summed E-state index contributed by atoms with van der Waals surface area (Å²) in [7, 11) is 0. The van der Waals surface area contributed by atoms with Crippen LogP contribution in [0.4, 0.5) is 0 Å². The van der Waals surface area contributed by atoms with Crippen LogP contribution in [0.3, 0.4) is 0 Å². The van der Waals surface area contributed by atoms with E-state index in [0.29, 0.717) is 5.02 Å². The average Bonchev–Trinajstić information content (AvgIpc) is 2.82. The maximum atomic E-state index is 5.98. The van der Waals surface area contributed by atoms with Gasteiger partial charge in [-0.15, -0.1) is 0 Å². The van der Waals surface area contributed by atoms with Crippen LogP contribution < -0.4 is 5.32 Å². The van der Waals surface area contributed by atoms with E-state index in [9.17, 15) is 0 Å². The molecule has 0 fully saturated rings. The highest BCUT2D eigenvalue weighted by Crippen LogP contribution is 2.23. The van der Waals surface area contributed by atoms with Crippen molar-refractivity contribution < 1.29 is 4.42 Å². The van der Waals surface area contributed by atoms with Gasteiger partial charge in [0.05, 0.1) is 6.20 Å². The molecule has 1 aromatic carbocycles. The average molecular weight is 293 g/mol. The number of nitrogens with zero attached hydrogens (tertiary/aromatic N) is 1. The third-order valence-electron chi connectivity index (χ3n) is 2.89. The van der Waals surface area contributed by atoms with Crippen LogP contribution in [0.15, 0.2) is 34.9 Å². The number of halogens is 1. The first-order valence-corrected chi connectivity index (χ1v) is 7.27. The molecule has 0 atom stereocenters. The van der Waals surface area contributed by atoms with Crippen LogP contribution in [0.2, 0.25) is 5.02 Å². The molecule has 0 radical (unpaired) electrons. The number of benzene rings is 1. The molecule has 1 aromatic heterocycles. The van der Waals surface area contributed by atoms with Crippen molar-refractivity contribution in [3.8, 4) is 11.3 Å². The lowest BCUT2D eigenvalue weighted by atomic mass is 10.1. The molecule has 20 heavy (non-hydrogen) atoms. The molecule has 0 bridgehead atoms. The van der Waals surface area contributed by atoms with Gasteiger partial charge in [0.15, 0.2) is 11.7 Å². The predicted octanol–water partition coefficient (Wildman–Crippen LogP) is 4.32. The summed E-state index contributed by atoms with van der Waals surface area (Å²) >= 11 is 5.98. The minimum Gasteiger partial charge on any atom is -0.441 e. The van der Waals surface area contributed by atoms with E-state index in [-0.39, 0.29) is 5.54 Å². The third-order valence-corrected chi connectivity index (χ3v) is 3.12. The summed E-state index contributed by atoms with van der Waals surface area (Å²) in [5.41, 5.74) is 1.12. The lowest BCUT2D eigenvalue weighted by Gasteiger charge is -2.19. The molecule has 0 saturated heterocycles. The second kappa shape index (κ2) is 6.42. The summed E-state index contributed by atoms with van der Waals surface area (Å²) in [5.74, 6) is 1.54. The summed E-state index contributed by atoms with van der Waals surface area (Å²) in [6, 6.07) is 7.61. The number of hydrogen-bond donors (Lipinski definition) is 1. The Balaban J connectivity index is 1.90. The zero-order valence-corrected chi connectivity index (χ0v) is 13.0. The third kappa shape index (κ3) is 4.66. The standard InChI is InChI=1S/C16H21ClN2O/c1-16(2,3)19-9-5-8-15-18-11-14(20-15)12-6-4-7-13(17)10-12/h4,6-7,10-11,19H,5,8-9H2,1-3H3. The second-order valence-electron chi connectivity index (χ2n) is 5.91. The first-order valence-electron chi connectivity index (χ1n) is 6.90. The molecule has 1 heterocycles. The SMILES string of the molecule is CC(C)(C)NCCCc1ncc(-c2cccc(Cl)c2)o1. The largest absolute Gasteiger partial charge is 0.441 e. The van der Waals surface area contributed by atoms with Crippen LogP contribution in [0.5, 0.6) is 0 Å². The minimum absolute atomic E-state index is 0.155. The van der Waals surface area contributed by atoms with E-state index in [4.69, 9.17) is 16.0 Å². The van der Waals surface area contributed by atoms with E-state index in [1.807, 2.05) is 24.3 Å². The molecule has 108 valence electrons. The zero-order chi connectivity index (χ0) is 14.6. The normalized spacial score (nSPS) is 11.8. The van der Waals surface area contributed by atoms with Gasteiger partial charge in [-0.2, -0.15) is 0 Å². The van der Waals surface area contributed by atoms with Gasteiger partial charge >= 0.3 is 0 Å². The highest BCUT2D eigenvalue weighted by atomic mass is 35.5. The van der Waals surface area contributed by atoms with Crippen molar-refractivity contribution in [1.29, 1.82) is 0 Å². The van der Waals surface area contributed by atoms with Crippen LogP contribution in [0.1, 0.15) is 33.1 Å². The lowest BCUT2D eigenvalue weighted by molar-refractivity contribution is 0.412. The zero-order valence-electron chi connectivity index (χ0n) is 12.2. The quantitative estimate of drug-likeness (QED) is 0.834. The van der Waals surface area contributed by atoms with Crippen molar-refractivity contribution in [2.75, 3.05) is 6.54 Å². The molecule has 3 nitrogen and oxygen atoms in total. The predicted molar refractivity (Wildman–Crippen MR) is 83.0 cm³/mol. The molecule has 4 heteroatoms. The van der Waals surface area contributed by atoms with Gasteiger partial charge in [-0.1, -0.05) is 23.7 Å². The van der Waals surface area contributed by atoms with Crippen molar-refractivity contribution in [2.45, 2.75) is 39.2 Å². The Morgan fingerprint density at radius 1 is 1.30 bits per heavy atom. The molecular formula is C16H21ClN2O. The molecule has 0 saturated carbocycles. The van der Waals surface area contributed by atoms with Gasteiger partial charge in [-0.25, -0.2) is 4.98 Å². The minimum atomic E-state index is 0.155. The Labute approximate surface area is 125 Å². The molecule has 1 N–H and O–H groups in total. The van der Waals surface area contributed by atoms with Crippen molar-refractivity contribution in [3.63, 3.8) is 0 Å².